The van der Waals surface area contributed by atoms with Gasteiger partial charge in [0.1, 0.15) is 5.38 Å². The zero-order valence-electron chi connectivity index (χ0n) is 9.16. The van der Waals surface area contributed by atoms with Gasteiger partial charge in [-0.3, -0.25) is 0 Å². The molecular weight excluding hydrogens is 218 g/mol. The Morgan fingerprint density at radius 2 is 2.20 bits per heavy atom. The number of alkyl halides is 1. The molecule has 86 valence electrons. The minimum absolute atomic E-state index is 0.129. The SMILES string of the molecule is CCOCC(C)Nc1nnc(C(C)Cl)o1. The molecule has 2 unspecified atom stereocenters. The van der Waals surface area contributed by atoms with Gasteiger partial charge in [0.15, 0.2) is 0 Å². The lowest BCUT2D eigenvalue weighted by atomic mass is 10.4. The van der Waals surface area contributed by atoms with Gasteiger partial charge < -0.3 is 14.5 Å². The number of ether oxygens (including phenoxy) is 1. The Hall–Kier alpha value is -0.810. The predicted molar refractivity (Wildman–Crippen MR) is 58.1 cm³/mol. The summed E-state index contributed by atoms with van der Waals surface area (Å²) in [4.78, 5) is 0. The second kappa shape index (κ2) is 5.92. The summed E-state index contributed by atoms with van der Waals surface area (Å²) in [6, 6.07) is 0.508. The maximum Gasteiger partial charge on any atom is 0.315 e. The van der Waals surface area contributed by atoms with Crippen molar-refractivity contribution in [3.05, 3.63) is 5.89 Å². The van der Waals surface area contributed by atoms with Crippen LogP contribution in [0.25, 0.3) is 0 Å². The Bertz CT molecular complexity index is 291. The van der Waals surface area contributed by atoms with Crippen molar-refractivity contribution in [3.63, 3.8) is 0 Å². The number of anilines is 1. The fourth-order valence-electron chi connectivity index (χ4n) is 1.00. The average molecular weight is 234 g/mol. The molecular formula is C9H16ClN3O2. The van der Waals surface area contributed by atoms with E-state index in [2.05, 4.69) is 15.5 Å². The zero-order chi connectivity index (χ0) is 11.3. The number of aromatic nitrogens is 2. The van der Waals surface area contributed by atoms with Crippen LogP contribution in [0, 0.1) is 0 Å². The summed E-state index contributed by atoms with van der Waals surface area (Å²) >= 11 is 5.79. The molecule has 0 fully saturated rings. The highest BCUT2D eigenvalue weighted by atomic mass is 35.5. The fraction of sp³-hybridized carbons (Fsp3) is 0.778. The quantitative estimate of drug-likeness (QED) is 0.764. The molecule has 0 aromatic carbocycles. The van der Waals surface area contributed by atoms with E-state index in [9.17, 15) is 0 Å². The summed E-state index contributed by atoms with van der Waals surface area (Å²) in [6.07, 6.45) is 0. The smallest absolute Gasteiger partial charge is 0.315 e. The number of hydrogen-bond acceptors (Lipinski definition) is 5. The van der Waals surface area contributed by atoms with Crippen LogP contribution in [0.1, 0.15) is 32.0 Å². The third-order valence-electron chi connectivity index (χ3n) is 1.72. The maximum atomic E-state index is 5.79. The van der Waals surface area contributed by atoms with Crippen molar-refractivity contribution in [2.75, 3.05) is 18.5 Å². The van der Waals surface area contributed by atoms with E-state index in [4.69, 9.17) is 20.8 Å². The van der Waals surface area contributed by atoms with E-state index < -0.39 is 0 Å². The first-order chi connectivity index (χ1) is 7.13. The molecule has 1 aromatic heterocycles. The van der Waals surface area contributed by atoms with E-state index in [0.717, 1.165) is 0 Å². The molecule has 0 aliphatic carbocycles. The van der Waals surface area contributed by atoms with Crippen molar-refractivity contribution in [1.29, 1.82) is 0 Å². The van der Waals surface area contributed by atoms with E-state index in [0.29, 0.717) is 25.1 Å². The summed E-state index contributed by atoms with van der Waals surface area (Å²) in [7, 11) is 0. The molecule has 0 saturated heterocycles. The standard InChI is InChI=1S/C9H16ClN3O2/c1-4-14-5-6(2)11-9-13-12-8(15-9)7(3)10/h6-7H,4-5H2,1-3H3,(H,11,13). The maximum absolute atomic E-state index is 5.79. The number of nitrogens with zero attached hydrogens (tertiary/aromatic N) is 2. The van der Waals surface area contributed by atoms with Crippen LogP contribution in [-0.2, 0) is 4.74 Å². The third kappa shape index (κ3) is 4.05. The number of nitrogens with one attached hydrogen (secondary N) is 1. The van der Waals surface area contributed by atoms with Gasteiger partial charge in [-0.05, 0) is 20.8 Å². The minimum Gasteiger partial charge on any atom is -0.406 e. The molecule has 0 bridgehead atoms. The van der Waals surface area contributed by atoms with E-state index in [-0.39, 0.29) is 11.4 Å². The Kier molecular flexibility index (Phi) is 4.84. The van der Waals surface area contributed by atoms with Crippen molar-refractivity contribution in [1.82, 2.24) is 10.2 Å². The highest BCUT2D eigenvalue weighted by Crippen LogP contribution is 2.19. The van der Waals surface area contributed by atoms with E-state index in [1.165, 1.54) is 0 Å². The summed E-state index contributed by atoms with van der Waals surface area (Å²) in [6.45, 7) is 7.00. The molecule has 0 amide bonds. The van der Waals surface area contributed by atoms with Crippen molar-refractivity contribution < 1.29 is 9.15 Å². The van der Waals surface area contributed by atoms with Crippen LogP contribution in [0.2, 0.25) is 0 Å². The van der Waals surface area contributed by atoms with Crippen LogP contribution in [0.15, 0.2) is 4.42 Å². The highest BCUT2D eigenvalue weighted by molar-refractivity contribution is 6.20. The van der Waals surface area contributed by atoms with Gasteiger partial charge in [0, 0.05) is 6.61 Å². The first-order valence-electron chi connectivity index (χ1n) is 4.95. The molecule has 0 aliphatic rings. The van der Waals surface area contributed by atoms with Gasteiger partial charge in [-0.2, -0.15) is 0 Å². The van der Waals surface area contributed by atoms with E-state index in [1.54, 1.807) is 6.92 Å². The molecule has 1 rings (SSSR count). The Labute approximate surface area is 94.2 Å². The normalized spacial score (nSPS) is 14.9. The van der Waals surface area contributed by atoms with Gasteiger partial charge in [-0.1, -0.05) is 5.10 Å². The molecule has 0 saturated carbocycles. The topological polar surface area (TPSA) is 60.2 Å². The van der Waals surface area contributed by atoms with Gasteiger partial charge in [0.05, 0.1) is 12.6 Å². The summed E-state index contributed by atoms with van der Waals surface area (Å²) in [5.74, 6) is 0.419. The lowest BCUT2D eigenvalue weighted by Crippen LogP contribution is -2.21. The summed E-state index contributed by atoms with van der Waals surface area (Å²) in [5.41, 5.74) is 0. The Morgan fingerprint density at radius 1 is 1.47 bits per heavy atom. The van der Waals surface area contributed by atoms with Crippen molar-refractivity contribution in [2.24, 2.45) is 0 Å². The highest BCUT2D eigenvalue weighted by Gasteiger charge is 2.12. The van der Waals surface area contributed by atoms with Crippen molar-refractivity contribution >= 4 is 17.6 Å². The van der Waals surface area contributed by atoms with E-state index >= 15 is 0 Å². The monoisotopic (exact) mass is 233 g/mol. The third-order valence-corrected chi connectivity index (χ3v) is 1.91. The fourth-order valence-corrected chi connectivity index (χ4v) is 1.09. The van der Waals surface area contributed by atoms with Gasteiger partial charge >= 0.3 is 6.01 Å². The van der Waals surface area contributed by atoms with Crippen LogP contribution < -0.4 is 5.32 Å². The molecule has 0 spiro atoms. The lowest BCUT2D eigenvalue weighted by Gasteiger charge is -2.10. The van der Waals surface area contributed by atoms with Crippen LogP contribution in [-0.4, -0.2) is 29.5 Å². The molecule has 0 aliphatic heterocycles. The molecule has 5 nitrogen and oxygen atoms in total. The summed E-state index contributed by atoms with van der Waals surface area (Å²) < 4.78 is 10.5. The van der Waals surface area contributed by atoms with Crippen LogP contribution >= 0.6 is 11.6 Å². The van der Waals surface area contributed by atoms with E-state index in [1.807, 2.05) is 13.8 Å². The predicted octanol–water partition coefficient (Wildman–Crippen LogP) is 2.21. The first kappa shape index (κ1) is 12.3. The number of rotatable bonds is 6. The molecule has 1 N–H and O–H groups in total. The molecule has 1 aromatic rings. The van der Waals surface area contributed by atoms with Crippen LogP contribution in [0.3, 0.4) is 0 Å². The van der Waals surface area contributed by atoms with Gasteiger partial charge in [-0.15, -0.1) is 16.7 Å². The zero-order valence-corrected chi connectivity index (χ0v) is 9.91. The largest absolute Gasteiger partial charge is 0.406 e. The number of hydrogen-bond donors (Lipinski definition) is 1. The average Bonchev–Trinajstić information content (AvgIpc) is 2.63. The second-order valence-corrected chi connectivity index (χ2v) is 3.92. The molecule has 15 heavy (non-hydrogen) atoms. The van der Waals surface area contributed by atoms with Gasteiger partial charge in [-0.25, -0.2) is 0 Å². The van der Waals surface area contributed by atoms with Crippen LogP contribution in [0.5, 0.6) is 0 Å². The van der Waals surface area contributed by atoms with Gasteiger partial charge in [0.2, 0.25) is 5.89 Å². The number of halogens is 1. The summed E-state index contributed by atoms with van der Waals surface area (Å²) in [5, 5.41) is 10.4. The lowest BCUT2D eigenvalue weighted by molar-refractivity contribution is 0.140. The molecule has 6 heteroatoms. The van der Waals surface area contributed by atoms with Crippen molar-refractivity contribution in [2.45, 2.75) is 32.2 Å². The second-order valence-electron chi connectivity index (χ2n) is 3.27. The van der Waals surface area contributed by atoms with Crippen molar-refractivity contribution in [3.8, 4) is 0 Å². The van der Waals surface area contributed by atoms with Gasteiger partial charge in [0.25, 0.3) is 0 Å². The molecule has 0 radical (unpaired) electrons. The first-order valence-corrected chi connectivity index (χ1v) is 5.38. The molecule has 2 atom stereocenters. The Morgan fingerprint density at radius 3 is 2.73 bits per heavy atom. The minimum atomic E-state index is -0.268. The Balaban J connectivity index is 2.42. The van der Waals surface area contributed by atoms with Crippen LogP contribution in [0.4, 0.5) is 6.01 Å². The molecule has 1 heterocycles.